The van der Waals surface area contributed by atoms with E-state index in [1.54, 1.807) is 6.07 Å². The summed E-state index contributed by atoms with van der Waals surface area (Å²) in [6.07, 6.45) is 2.99. The van der Waals surface area contributed by atoms with Crippen molar-refractivity contribution in [2.24, 2.45) is 0 Å². The molecule has 20 heavy (non-hydrogen) atoms. The Morgan fingerprint density at radius 2 is 1.95 bits per heavy atom. The van der Waals surface area contributed by atoms with Gasteiger partial charge in [-0.15, -0.1) is 0 Å². The van der Waals surface area contributed by atoms with Crippen molar-refractivity contribution in [1.82, 2.24) is 5.32 Å². The second-order valence-corrected chi connectivity index (χ2v) is 5.71. The van der Waals surface area contributed by atoms with Crippen molar-refractivity contribution in [2.45, 2.75) is 31.2 Å². The fraction of sp³-hybridized carbons (Fsp3) is 0.429. The van der Waals surface area contributed by atoms with Crippen LogP contribution in [-0.2, 0) is 9.59 Å². The molecule has 0 aromatic heterocycles. The van der Waals surface area contributed by atoms with E-state index in [1.165, 1.54) is 17.0 Å². The van der Waals surface area contributed by atoms with E-state index >= 15 is 0 Å². The largest absolute Gasteiger partial charge is 0.340 e. The number of carbonyl (C=O) groups is 2. The van der Waals surface area contributed by atoms with Gasteiger partial charge in [0.1, 0.15) is 12.1 Å². The molecule has 6 heteroatoms. The number of nitrogens with zero attached hydrogens (tertiary/aromatic N) is 1. The molecule has 1 saturated carbocycles. The van der Waals surface area contributed by atoms with Crippen LogP contribution in [-0.4, -0.2) is 23.9 Å². The lowest BCUT2D eigenvalue weighted by atomic mass is 9.92. The highest BCUT2D eigenvalue weighted by molar-refractivity contribution is 6.31. The first-order valence-corrected chi connectivity index (χ1v) is 6.98. The molecule has 2 fully saturated rings. The van der Waals surface area contributed by atoms with Crippen molar-refractivity contribution < 1.29 is 14.0 Å². The van der Waals surface area contributed by atoms with Gasteiger partial charge in [-0.2, -0.15) is 0 Å². The Morgan fingerprint density at radius 3 is 2.65 bits per heavy atom. The fourth-order valence-corrected chi connectivity index (χ4v) is 3.22. The van der Waals surface area contributed by atoms with Crippen LogP contribution in [0.1, 0.15) is 25.7 Å². The van der Waals surface area contributed by atoms with Crippen LogP contribution >= 0.6 is 11.6 Å². The van der Waals surface area contributed by atoms with Gasteiger partial charge in [0.25, 0.3) is 5.91 Å². The van der Waals surface area contributed by atoms with Crippen LogP contribution in [0.15, 0.2) is 18.2 Å². The van der Waals surface area contributed by atoms with Crippen LogP contribution in [0.3, 0.4) is 0 Å². The summed E-state index contributed by atoms with van der Waals surface area (Å²) in [5.74, 6) is -1.16. The molecular formula is C14H14ClFN2O2. The van der Waals surface area contributed by atoms with Gasteiger partial charge in [-0.3, -0.25) is 14.5 Å². The van der Waals surface area contributed by atoms with Crippen LogP contribution < -0.4 is 10.2 Å². The average Bonchev–Trinajstić information content (AvgIpc) is 2.87. The third-order valence-electron chi connectivity index (χ3n) is 4.01. The molecule has 0 unspecified atom stereocenters. The lowest BCUT2D eigenvalue weighted by Crippen LogP contribution is -2.65. The van der Waals surface area contributed by atoms with Gasteiger partial charge in [0.2, 0.25) is 5.91 Å². The van der Waals surface area contributed by atoms with Crippen LogP contribution in [0.5, 0.6) is 0 Å². The maximum absolute atomic E-state index is 14.1. The molecule has 0 atom stereocenters. The zero-order valence-electron chi connectivity index (χ0n) is 10.8. The van der Waals surface area contributed by atoms with Crippen LogP contribution in [0.2, 0.25) is 5.02 Å². The second-order valence-electron chi connectivity index (χ2n) is 5.30. The number of nitrogens with one attached hydrogen (secondary N) is 1. The Morgan fingerprint density at radius 1 is 1.25 bits per heavy atom. The highest BCUT2D eigenvalue weighted by Gasteiger charge is 2.49. The molecule has 1 heterocycles. The summed E-state index contributed by atoms with van der Waals surface area (Å²) in [6.45, 7) is -0.169. The third kappa shape index (κ3) is 1.97. The van der Waals surface area contributed by atoms with E-state index < -0.39 is 11.4 Å². The van der Waals surface area contributed by atoms with Crippen molar-refractivity contribution in [3.8, 4) is 0 Å². The molecule has 1 saturated heterocycles. The van der Waals surface area contributed by atoms with Crippen molar-refractivity contribution >= 4 is 29.1 Å². The minimum atomic E-state index is -0.857. The van der Waals surface area contributed by atoms with Crippen molar-refractivity contribution in [1.29, 1.82) is 0 Å². The quantitative estimate of drug-likeness (QED) is 0.864. The first-order valence-electron chi connectivity index (χ1n) is 6.60. The molecule has 1 aromatic rings. The monoisotopic (exact) mass is 296 g/mol. The summed E-state index contributed by atoms with van der Waals surface area (Å²) in [5, 5.41) is 2.74. The van der Waals surface area contributed by atoms with E-state index in [0.29, 0.717) is 12.8 Å². The standard InChI is InChI=1S/C14H14ClFN2O2/c15-9-4-3-5-10(12(9)16)18-8-11(19)17-14(13(18)20)6-1-2-7-14/h3-5H,1-2,6-8H2,(H,17,19). The number of piperazine rings is 1. The van der Waals surface area contributed by atoms with E-state index in [1.807, 2.05) is 0 Å². The molecule has 1 spiro atoms. The highest BCUT2D eigenvalue weighted by atomic mass is 35.5. The molecule has 3 rings (SSSR count). The SMILES string of the molecule is O=C1CN(c2cccc(Cl)c2F)C(=O)C2(CCCC2)N1. The fourth-order valence-electron chi connectivity index (χ4n) is 3.05. The lowest BCUT2D eigenvalue weighted by molar-refractivity contribution is -0.135. The molecular weight excluding hydrogens is 283 g/mol. The number of halogens is 2. The predicted molar refractivity (Wildman–Crippen MR) is 73.1 cm³/mol. The predicted octanol–water partition coefficient (Wildman–Crippen LogP) is 2.25. The maximum Gasteiger partial charge on any atom is 0.253 e. The summed E-state index contributed by atoms with van der Waals surface area (Å²) in [4.78, 5) is 25.8. The number of hydrogen-bond acceptors (Lipinski definition) is 2. The van der Waals surface area contributed by atoms with E-state index in [-0.39, 0.29) is 29.1 Å². The van der Waals surface area contributed by atoms with E-state index in [2.05, 4.69) is 5.32 Å². The average molecular weight is 297 g/mol. The van der Waals surface area contributed by atoms with Crippen LogP contribution in [0.4, 0.5) is 10.1 Å². The molecule has 106 valence electrons. The highest BCUT2D eigenvalue weighted by Crippen LogP contribution is 2.36. The number of rotatable bonds is 1. The summed E-state index contributed by atoms with van der Waals surface area (Å²) in [6, 6.07) is 4.46. The number of anilines is 1. The van der Waals surface area contributed by atoms with Crippen molar-refractivity contribution in [3.63, 3.8) is 0 Å². The van der Waals surface area contributed by atoms with Crippen LogP contribution in [0, 0.1) is 5.82 Å². The van der Waals surface area contributed by atoms with Crippen molar-refractivity contribution in [3.05, 3.63) is 29.0 Å². The smallest absolute Gasteiger partial charge is 0.253 e. The van der Waals surface area contributed by atoms with Crippen molar-refractivity contribution in [2.75, 3.05) is 11.4 Å². The minimum absolute atomic E-state index is 0.0539. The molecule has 1 aromatic carbocycles. The normalized spacial score (nSPS) is 21.4. The number of benzene rings is 1. The summed E-state index contributed by atoms with van der Waals surface area (Å²) < 4.78 is 14.1. The molecule has 0 radical (unpaired) electrons. The zero-order chi connectivity index (χ0) is 14.3. The molecule has 2 aliphatic rings. The Bertz CT molecular complexity index is 585. The summed E-state index contributed by atoms with van der Waals surface area (Å²) in [7, 11) is 0. The van der Waals surface area contributed by atoms with Gasteiger partial charge in [-0.25, -0.2) is 4.39 Å². The summed E-state index contributed by atoms with van der Waals surface area (Å²) in [5.41, 5.74) is -0.784. The molecule has 4 nitrogen and oxygen atoms in total. The Hall–Kier alpha value is -1.62. The Kier molecular flexibility index (Phi) is 3.17. The first-order chi connectivity index (χ1) is 9.53. The van der Waals surface area contributed by atoms with Gasteiger partial charge >= 0.3 is 0 Å². The Labute approximate surface area is 120 Å². The zero-order valence-corrected chi connectivity index (χ0v) is 11.5. The van der Waals surface area contributed by atoms with E-state index in [0.717, 1.165) is 12.8 Å². The van der Waals surface area contributed by atoms with Gasteiger partial charge in [0, 0.05) is 0 Å². The maximum atomic E-state index is 14.1. The van der Waals surface area contributed by atoms with Gasteiger partial charge in [-0.05, 0) is 25.0 Å². The summed E-state index contributed by atoms with van der Waals surface area (Å²) >= 11 is 5.75. The van der Waals surface area contributed by atoms with Gasteiger partial charge < -0.3 is 5.32 Å². The Balaban J connectivity index is 2.02. The topological polar surface area (TPSA) is 49.4 Å². The molecule has 1 aliphatic heterocycles. The number of amides is 2. The van der Waals surface area contributed by atoms with E-state index in [4.69, 9.17) is 11.6 Å². The molecule has 1 aliphatic carbocycles. The van der Waals surface area contributed by atoms with Gasteiger partial charge in [0.15, 0.2) is 5.82 Å². The minimum Gasteiger partial charge on any atom is -0.340 e. The van der Waals surface area contributed by atoms with Gasteiger partial charge in [-0.1, -0.05) is 30.5 Å². The second kappa shape index (κ2) is 4.74. The molecule has 1 N–H and O–H groups in total. The van der Waals surface area contributed by atoms with Gasteiger partial charge in [0.05, 0.1) is 10.7 Å². The number of carbonyl (C=O) groups excluding carboxylic acids is 2. The molecule has 0 bridgehead atoms. The third-order valence-corrected chi connectivity index (χ3v) is 4.31. The first kappa shape index (κ1) is 13.4. The van der Waals surface area contributed by atoms with E-state index in [9.17, 15) is 14.0 Å². The number of hydrogen-bond donors (Lipinski definition) is 1. The lowest BCUT2D eigenvalue weighted by Gasteiger charge is -2.39. The van der Waals surface area contributed by atoms with Crippen LogP contribution in [0.25, 0.3) is 0 Å². The molecule has 2 amide bonds.